The van der Waals surface area contributed by atoms with Crippen LogP contribution in [0.15, 0.2) is 28.2 Å². The van der Waals surface area contributed by atoms with Crippen LogP contribution < -0.4 is 21.1 Å². The lowest BCUT2D eigenvalue weighted by molar-refractivity contribution is -0.123. The van der Waals surface area contributed by atoms with Crippen molar-refractivity contribution in [3.63, 3.8) is 0 Å². The average molecular weight is 434 g/mol. The predicted octanol–water partition coefficient (Wildman–Crippen LogP) is 1.00. The highest BCUT2D eigenvalue weighted by molar-refractivity contribution is 6.46. The Hall–Kier alpha value is -2.49. The van der Waals surface area contributed by atoms with Gasteiger partial charge in [-0.05, 0) is 37.8 Å². The van der Waals surface area contributed by atoms with E-state index < -0.39 is 6.61 Å². The van der Waals surface area contributed by atoms with E-state index in [9.17, 15) is 4.79 Å². The van der Waals surface area contributed by atoms with E-state index >= 15 is 0 Å². The molecule has 0 aliphatic carbocycles. The van der Waals surface area contributed by atoms with Gasteiger partial charge in [0.1, 0.15) is 24.8 Å². The van der Waals surface area contributed by atoms with Crippen molar-refractivity contribution in [2.75, 3.05) is 52.4 Å². The topological polar surface area (TPSA) is 131 Å². The molecule has 0 saturated heterocycles. The minimum absolute atomic E-state index is 0.0432. The van der Waals surface area contributed by atoms with Crippen LogP contribution in [0.3, 0.4) is 0 Å². The lowest BCUT2D eigenvalue weighted by Crippen LogP contribution is -2.39. The van der Waals surface area contributed by atoms with E-state index in [-0.39, 0.29) is 17.9 Å². The number of amidine groups is 1. The minimum atomic E-state index is -0.488. The highest BCUT2D eigenvalue weighted by atomic mass is 16.5. The number of unbranched alkanes of at least 4 members (excludes halogenated alkanes) is 1. The third-order valence-electron chi connectivity index (χ3n) is 5.12. The van der Waals surface area contributed by atoms with Crippen LogP contribution in [0.1, 0.15) is 25.3 Å². The van der Waals surface area contributed by atoms with Gasteiger partial charge in [-0.15, -0.1) is 0 Å². The average Bonchev–Trinajstić information content (AvgIpc) is 2.92. The number of benzene rings is 1. The maximum absolute atomic E-state index is 11.1. The van der Waals surface area contributed by atoms with Gasteiger partial charge in [-0.1, -0.05) is 6.07 Å². The molecule has 1 heterocycles. The number of nitrogens with one attached hydrogen (secondary N) is 2. The summed E-state index contributed by atoms with van der Waals surface area (Å²) < 4.78 is 10.8. The van der Waals surface area contributed by atoms with Gasteiger partial charge < -0.3 is 30.9 Å². The fourth-order valence-corrected chi connectivity index (χ4v) is 3.42. The third kappa shape index (κ3) is 7.61. The van der Waals surface area contributed by atoms with Crippen LogP contribution in [0, 0.1) is 5.92 Å². The summed E-state index contributed by atoms with van der Waals surface area (Å²) in [4.78, 5) is 20.4. The quantitative estimate of drug-likeness (QED) is 0.385. The molecule has 5 N–H and O–H groups in total. The summed E-state index contributed by atoms with van der Waals surface area (Å²) in [6, 6.07) is 5.91. The smallest absolute Gasteiger partial charge is 0.245 e. The second kappa shape index (κ2) is 13.0. The Morgan fingerprint density at radius 1 is 1.39 bits per heavy atom. The van der Waals surface area contributed by atoms with E-state index in [4.69, 9.17) is 25.3 Å². The maximum Gasteiger partial charge on any atom is 0.245 e. The van der Waals surface area contributed by atoms with Crippen LogP contribution in [0.25, 0.3) is 0 Å². The van der Waals surface area contributed by atoms with Gasteiger partial charge >= 0.3 is 0 Å². The number of aliphatic hydroxyl groups excluding tert-OH is 1. The Labute approximate surface area is 184 Å². The Balaban J connectivity index is 2.15. The molecule has 1 aromatic rings. The molecular formula is C22H35N5O4. The normalized spacial score (nSPS) is 19.5. The number of methoxy groups -OCH3 is 1. The van der Waals surface area contributed by atoms with E-state index in [2.05, 4.69) is 21.7 Å². The van der Waals surface area contributed by atoms with Gasteiger partial charge in [0.15, 0.2) is 0 Å². The van der Waals surface area contributed by atoms with E-state index in [1.807, 2.05) is 19.1 Å². The number of hydrogen-bond acceptors (Lipinski definition) is 7. The molecule has 9 nitrogen and oxygen atoms in total. The number of aliphatic hydroxyl groups is 1. The third-order valence-corrected chi connectivity index (χ3v) is 5.12. The fourth-order valence-electron chi connectivity index (χ4n) is 3.42. The van der Waals surface area contributed by atoms with Crippen LogP contribution in [0.2, 0.25) is 0 Å². The lowest BCUT2D eigenvalue weighted by atomic mass is 9.89. The van der Waals surface area contributed by atoms with Crippen LogP contribution in [0.5, 0.6) is 5.75 Å². The number of fused-ring (bicyclic) bond motifs is 1. The number of aliphatic imine (C=N–C) groups is 2. The first-order chi connectivity index (χ1) is 15.0. The summed E-state index contributed by atoms with van der Waals surface area (Å²) in [5.41, 5.74) is 9.25. The Morgan fingerprint density at radius 2 is 2.19 bits per heavy atom. The van der Waals surface area contributed by atoms with Crippen molar-refractivity contribution in [1.82, 2.24) is 5.32 Å². The van der Waals surface area contributed by atoms with Gasteiger partial charge in [0.25, 0.3) is 0 Å². The molecule has 0 fully saturated rings. The summed E-state index contributed by atoms with van der Waals surface area (Å²) >= 11 is 0. The highest BCUT2D eigenvalue weighted by Gasteiger charge is 2.29. The van der Waals surface area contributed by atoms with E-state index in [0.29, 0.717) is 26.3 Å². The predicted molar refractivity (Wildman–Crippen MR) is 123 cm³/mol. The van der Waals surface area contributed by atoms with Gasteiger partial charge in [-0.25, -0.2) is 0 Å². The number of nitrogens with two attached hydrogens (primary N) is 1. The van der Waals surface area contributed by atoms with Crippen molar-refractivity contribution >= 4 is 23.1 Å². The van der Waals surface area contributed by atoms with Crippen molar-refractivity contribution in [1.29, 1.82) is 0 Å². The molecule has 31 heavy (non-hydrogen) atoms. The zero-order valence-electron chi connectivity index (χ0n) is 18.7. The van der Waals surface area contributed by atoms with E-state index in [1.165, 1.54) is 0 Å². The summed E-state index contributed by atoms with van der Waals surface area (Å²) in [5.74, 6) is 1.16. The first-order valence-electron chi connectivity index (χ1n) is 10.7. The van der Waals surface area contributed by atoms with Gasteiger partial charge in [0, 0.05) is 51.0 Å². The van der Waals surface area contributed by atoms with Gasteiger partial charge in [-0.2, -0.15) is 0 Å². The molecule has 0 radical (unpaired) electrons. The molecule has 2 atom stereocenters. The first kappa shape index (κ1) is 24.8. The van der Waals surface area contributed by atoms with Crippen LogP contribution >= 0.6 is 0 Å². The molecule has 172 valence electrons. The number of amides is 1. The van der Waals surface area contributed by atoms with Gasteiger partial charge in [0.2, 0.25) is 5.91 Å². The SMILES string of the molecule is CN=C1C(=NCCCCNC(=O)CO)Nc2cc(OCCOC)ccc2CC1C(C)N. The van der Waals surface area contributed by atoms with Crippen molar-refractivity contribution < 1.29 is 19.4 Å². The molecule has 1 aromatic carbocycles. The molecule has 1 amide bonds. The maximum atomic E-state index is 11.1. The molecule has 0 aromatic heterocycles. The number of anilines is 1. The number of carbonyl (C=O) groups excluding carboxylic acids is 1. The van der Waals surface area contributed by atoms with Crippen molar-refractivity contribution in [2.45, 2.75) is 32.2 Å². The highest BCUT2D eigenvalue weighted by Crippen LogP contribution is 2.29. The minimum Gasteiger partial charge on any atom is -0.491 e. The molecule has 0 spiro atoms. The van der Waals surface area contributed by atoms with E-state index in [0.717, 1.165) is 47.8 Å². The second-order valence-electron chi connectivity index (χ2n) is 7.51. The Bertz CT molecular complexity index is 779. The Kier molecular flexibility index (Phi) is 10.4. The molecule has 0 bridgehead atoms. The number of hydrogen-bond donors (Lipinski definition) is 4. The number of nitrogens with zero attached hydrogens (tertiary/aromatic N) is 2. The molecule has 2 unspecified atom stereocenters. The van der Waals surface area contributed by atoms with Crippen molar-refractivity contribution in [3.05, 3.63) is 23.8 Å². The lowest BCUT2D eigenvalue weighted by Gasteiger charge is -2.21. The summed E-state index contributed by atoms with van der Waals surface area (Å²) in [7, 11) is 3.41. The number of carbonyl (C=O) groups is 1. The number of rotatable bonds is 11. The van der Waals surface area contributed by atoms with Gasteiger partial charge in [-0.3, -0.25) is 14.8 Å². The summed E-state index contributed by atoms with van der Waals surface area (Å²) in [6.45, 7) is 3.60. The first-order valence-corrected chi connectivity index (χ1v) is 10.7. The second-order valence-corrected chi connectivity index (χ2v) is 7.51. The zero-order chi connectivity index (χ0) is 22.6. The molecule has 1 aliphatic heterocycles. The molecule has 1 aliphatic rings. The summed E-state index contributed by atoms with van der Waals surface area (Å²) in [5, 5.41) is 14.8. The molecular weight excluding hydrogens is 398 g/mol. The fraction of sp³-hybridized carbons (Fsp3) is 0.591. The molecule has 2 rings (SSSR count). The van der Waals surface area contributed by atoms with Crippen LogP contribution in [-0.2, 0) is 16.0 Å². The number of ether oxygens (including phenoxy) is 2. The van der Waals surface area contributed by atoms with Crippen molar-refractivity contribution in [3.8, 4) is 5.75 Å². The standard InChI is InChI=1S/C22H35N5O4/c1-15(23)18-12-16-6-7-17(31-11-10-30-3)13-19(16)27-22(21(18)24-2)26-9-5-4-8-25-20(29)14-28/h6-7,13,15,18,28H,4-5,8-12,14,23H2,1-3H3,(H,25,29)(H,26,27). The van der Waals surface area contributed by atoms with Crippen molar-refractivity contribution in [2.24, 2.45) is 21.6 Å². The monoisotopic (exact) mass is 433 g/mol. The molecule has 9 heteroatoms. The zero-order valence-corrected chi connectivity index (χ0v) is 18.7. The Morgan fingerprint density at radius 3 is 2.87 bits per heavy atom. The summed E-state index contributed by atoms with van der Waals surface area (Å²) in [6.07, 6.45) is 2.33. The van der Waals surface area contributed by atoms with Crippen LogP contribution in [0.4, 0.5) is 5.69 Å². The van der Waals surface area contributed by atoms with Gasteiger partial charge in [0.05, 0.1) is 12.3 Å². The van der Waals surface area contributed by atoms with E-state index in [1.54, 1.807) is 14.2 Å². The molecule has 0 saturated carbocycles. The largest absolute Gasteiger partial charge is 0.491 e. The van der Waals surface area contributed by atoms with Crippen LogP contribution in [-0.4, -0.2) is 75.7 Å².